The van der Waals surface area contributed by atoms with Crippen LogP contribution in [0, 0.1) is 5.92 Å². The monoisotopic (exact) mass is 365 g/mol. The molecule has 5 nitrogen and oxygen atoms in total. The lowest BCUT2D eigenvalue weighted by Gasteiger charge is -2.26. The lowest BCUT2D eigenvalue weighted by atomic mass is 10.00. The van der Waals surface area contributed by atoms with Crippen LogP contribution in [-0.4, -0.2) is 29.3 Å². The summed E-state index contributed by atoms with van der Waals surface area (Å²) < 4.78 is 0. The van der Waals surface area contributed by atoms with Crippen LogP contribution in [0.25, 0.3) is 0 Å². The fraction of sp³-hybridized carbons (Fsp3) is 0.579. The van der Waals surface area contributed by atoms with Crippen LogP contribution in [0.4, 0.5) is 5.69 Å². The molecule has 0 radical (unpaired) electrons. The van der Waals surface area contributed by atoms with Gasteiger partial charge in [-0.2, -0.15) is 0 Å². The maximum absolute atomic E-state index is 12.2. The SMILES string of the molecule is Cl.N[C@@H]1CCC[C@H]1CC(=O)Nc1cccc(CN2CCCCC2=O)c1. The number of rotatable bonds is 5. The molecule has 3 rings (SSSR count). The molecular formula is C19H28ClN3O2. The number of nitrogens with zero attached hydrogens (tertiary/aromatic N) is 1. The van der Waals surface area contributed by atoms with E-state index < -0.39 is 0 Å². The zero-order valence-corrected chi connectivity index (χ0v) is 15.4. The Morgan fingerprint density at radius 3 is 2.80 bits per heavy atom. The van der Waals surface area contributed by atoms with E-state index in [1.54, 1.807) is 0 Å². The molecule has 1 aliphatic heterocycles. The van der Waals surface area contributed by atoms with Gasteiger partial charge in [0.25, 0.3) is 0 Å². The van der Waals surface area contributed by atoms with Crippen LogP contribution in [0.1, 0.15) is 50.5 Å². The van der Waals surface area contributed by atoms with Crippen molar-refractivity contribution in [2.45, 2.75) is 57.5 Å². The van der Waals surface area contributed by atoms with Gasteiger partial charge in [0.05, 0.1) is 0 Å². The molecule has 2 aliphatic rings. The van der Waals surface area contributed by atoms with Crippen LogP contribution in [0.2, 0.25) is 0 Å². The highest BCUT2D eigenvalue weighted by molar-refractivity contribution is 5.91. The van der Waals surface area contributed by atoms with E-state index >= 15 is 0 Å². The van der Waals surface area contributed by atoms with Crippen molar-refractivity contribution >= 4 is 29.9 Å². The summed E-state index contributed by atoms with van der Waals surface area (Å²) in [6, 6.07) is 7.96. The highest BCUT2D eigenvalue weighted by Gasteiger charge is 2.26. The first-order valence-electron chi connectivity index (χ1n) is 9.04. The third-order valence-electron chi connectivity index (χ3n) is 5.17. The molecule has 2 atom stereocenters. The highest BCUT2D eigenvalue weighted by Crippen LogP contribution is 2.27. The van der Waals surface area contributed by atoms with Crippen molar-refractivity contribution in [3.63, 3.8) is 0 Å². The van der Waals surface area contributed by atoms with Crippen molar-refractivity contribution in [3.8, 4) is 0 Å². The second-order valence-corrected chi connectivity index (χ2v) is 7.08. The number of halogens is 1. The van der Waals surface area contributed by atoms with Crippen molar-refractivity contribution in [1.29, 1.82) is 0 Å². The zero-order valence-electron chi connectivity index (χ0n) is 14.6. The minimum atomic E-state index is 0. The Morgan fingerprint density at radius 2 is 2.08 bits per heavy atom. The van der Waals surface area contributed by atoms with E-state index in [0.29, 0.717) is 25.3 Å². The third-order valence-corrected chi connectivity index (χ3v) is 5.17. The molecule has 25 heavy (non-hydrogen) atoms. The predicted molar refractivity (Wildman–Crippen MR) is 102 cm³/mol. The normalized spacial score (nSPS) is 23.2. The number of piperidine rings is 1. The number of amides is 2. The fourth-order valence-corrected chi connectivity index (χ4v) is 3.77. The van der Waals surface area contributed by atoms with Gasteiger partial charge in [0.2, 0.25) is 11.8 Å². The second-order valence-electron chi connectivity index (χ2n) is 7.08. The van der Waals surface area contributed by atoms with Crippen LogP contribution < -0.4 is 11.1 Å². The maximum Gasteiger partial charge on any atom is 0.224 e. The lowest BCUT2D eigenvalue weighted by Crippen LogP contribution is -2.34. The number of hydrogen-bond acceptors (Lipinski definition) is 3. The Hall–Kier alpha value is -1.59. The fourth-order valence-electron chi connectivity index (χ4n) is 3.77. The van der Waals surface area contributed by atoms with Crippen molar-refractivity contribution in [1.82, 2.24) is 4.90 Å². The predicted octanol–water partition coefficient (Wildman–Crippen LogP) is 3.08. The molecule has 6 heteroatoms. The highest BCUT2D eigenvalue weighted by atomic mass is 35.5. The van der Waals surface area contributed by atoms with Crippen molar-refractivity contribution in [2.24, 2.45) is 11.7 Å². The molecule has 0 spiro atoms. The number of nitrogens with one attached hydrogen (secondary N) is 1. The summed E-state index contributed by atoms with van der Waals surface area (Å²) in [6.45, 7) is 1.45. The van der Waals surface area contributed by atoms with Crippen molar-refractivity contribution in [2.75, 3.05) is 11.9 Å². The molecule has 1 saturated heterocycles. The zero-order chi connectivity index (χ0) is 16.9. The summed E-state index contributed by atoms with van der Waals surface area (Å²) in [5, 5.41) is 2.98. The van der Waals surface area contributed by atoms with Gasteiger partial charge in [0.1, 0.15) is 0 Å². The quantitative estimate of drug-likeness (QED) is 0.841. The number of anilines is 1. The molecule has 1 aromatic carbocycles. The molecule has 2 fully saturated rings. The Morgan fingerprint density at radius 1 is 1.24 bits per heavy atom. The Labute approximate surface area is 155 Å². The molecule has 1 aliphatic carbocycles. The van der Waals surface area contributed by atoms with E-state index in [1.807, 2.05) is 29.2 Å². The van der Waals surface area contributed by atoms with E-state index in [2.05, 4.69) is 5.32 Å². The van der Waals surface area contributed by atoms with Gasteiger partial charge in [0, 0.05) is 37.7 Å². The van der Waals surface area contributed by atoms with Gasteiger partial charge in [0.15, 0.2) is 0 Å². The van der Waals surface area contributed by atoms with Gasteiger partial charge in [-0.1, -0.05) is 18.6 Å². The van der Waals surface area contributed by atoms with Crippen LogP contribution in [0.5, 0.6) is 0 Å². The Balaban J connectivity index is 0.00000225. The average molecular weight is 366 g/mol. The molecule has 3 N–H and O–H groups in total. The molecule has 0 bridgehead atoms. The van der Waals surface area contributed by atoms with Gasteiger partial charge in [-0.05, 0) is 49.3 Å². The molecular weight excluding hydrogens is 338 g/mol. The molecule has 1 saturated carbocycles. The number of carbonyl (C=O) groups excluding carboxylic acids is 2. The summed E-state index contributed by atoms with van der Waals surface area (Å²) in [6.07, 6.45) is 6.41. The van der Waals surface area contributed by atoms with Gasteiger partial charge >= 0.3 is 0 Å². The van der Waals surface area contributed by atoms with Gasteiger partial charge in [-0.15, -0.1) is 12.4 Å². The molecule has 2 amide bonds. The number of hydrogen-bond donors (Lipinski definition) is 2. The van der Waals surface area contributed by atoms with Crippen LogP contribution >= 0.6 is 12.4 Å². The summed E-state index contributed by atoms with van der Waals surface area (Å²) in [4.78, 5) is 26.1. The van der Waals surface area contributed by atoms with Crippen LogP contribution in [-0.2, 0) is 16.1 Å². The number of likely N-dealkylation sites (tertiary alicyclic amines) is 1. The first kappa shape index (κ1) is 19.7. The topological polar surface area (TPSA) is 75.4 Å². The molecule has 1 aromatic rings. The summed E-state index contributed by atoms with van der Waals surface area (Å²) in [5.41, 5.74) is 7.90. The summed E-state index contributed by atoms with van der Waals surface area (Å²) in [7, 11) is 0. The van der Waals surface area contributed by atoms with Crippen molar-refractivity contribution in [3.05, 3.63) is 29.8 Å². The van der Waals surface area contributed by atoms with Gasteiger partial charge in [-0.25, -0.2) is 0 Å². The van der Waals surface area contributed by atoms with E-state index in [9.17, 15) is 9.59 Å². The number of nitrogens with two attached hydrogens (primary N) is 1. The van der Waals surface area contributed by atoms with E-state index in [1.165, 1.54) is 0 Å². The molecule has 0 unspecified atom stereocenters. The van der Waals surface area contributed by atoms with Crippen molar-refractivity contribution < 1.29 is 9.59 Å². The number of benzene rings is 1. The average Bonchev–Trinajstić information content (AvgIpc) is 2.95. The first-order valence-corrected chi connectivity index (χ1v) is 9.04. The van der Waals surface area contributed by atoms with Gasteiger partial charge < -0.3 is 16.0 Å². The minimum absolute atomic E-state index is 0. The van der Waals surface area contributed by atoms with E-state index in [4.69, 9.17) is 5.73 Å². The van der Waals surface area contributed by atoms with E-state index in [0.717, 1.165) is 49.9 Å². The van der Waals surface area contributed by atoms with Gasteiger partial charge in [-0.3, -0.25) is 9.59 Å². The van der Waals surface area contributed by atoms with Crippen LogP contribution in [0.3, 0.4) is 0 Å². The summed E-state index contributed by atoms with van der Waals surface area (Å²) >= 11 is 0. The minimum Gasteiger partial charge on any atom is -0.338 e. The standard InChI is InChI=1S/C19H27N3O2.ClH/c20-17-8-4-6-15(17)12-18(23)21-16-7-3-5-14(11-16)13-22-10-2-1-9-19(22)24;/h3,5,7,11,15,17H,1-2,4,6,8-10,12-13,20H2,(H,21,23);1H/t15-,17+;/m0./s1. The van der Waals surface area contributed by atoms with Crippen LogP contribution in [0.15, 0.2) is 24.3 Å². The maximum atomic E-state index is 12.2. The molecule has 0 aromatic heterocycles. The Kier molecular flexibility index (Phi) is 7.26. The number of carbonyl (C=O) groups is 2. The summed E-state index contributed by atoms with van der Waals surface area (Å²) in [5.74, 6) is 0.564. The molecule has 138 valence electrons. The lowest BCUT2D eigenvalue weighted by molar-refractivity contribution is -0.133. The Bertz CT molecular complexity index is 608. The largest absolute Gasteiger partial charge is 0.338 e. The smallest absolute Gasteiger partial charge is 0.224 e. The van der Waals surface area contributed by atoms with E-state index in [-0.39, 0.29) is 30.3 Å². The third kappa shape index (κ3) is 5.44. The second kappa shape index (κ2) is 9.20. The first-order chi connectivity index (χ1) is 11.6. The molecule has 1 heterocycles.